The summed E-state index contributed by atoms with van der Waals surface area (Å²) in [5.41, 5.74) is 6.57. The van der Waals surface area contributed by atoms with Crippen LogP contribution in [0.4, 0.5) is 5.69 Å². The van der Waals surface area contributed by atoms with Gasteiger partial charge in [-0.25, -0.2) is 4.99 Å². The van der Waals surface area contributed by atoms with Gasteiger partial charge in [-0.1, -0.05) is 12.1 Å². The average molecular weight is 448 g/mol. The summed E-state index contributed by atoms with van der Waals surface area (Å²) in [6.07, 6.45) is 0. The van der Waals surface area contributed by atoms with Crippen LogP contribution in [0.1, 0.15) is 45.4 Å². The van der Waals surface area contributed by atoms with E-state index in [4.69, 9.17) is 14.5 Å². The molecule has 3 aromatic rings. The van der Waals surface area contributed by atoms with Crippen molar-refractivity contribution < 1.29 is 14.3 Å². The standard InChI is InChI=1S/C25H29N5O3/c1-6-30-18(5)20(17(4)29-30)13-26-25(27-21-11-15(2)7-8-16(21)3)28-24(31)19-9-10-22-23(12-19)33-14-32-22/h7-12H,6,13-14H2,1-5H3,(H2,26,27,28,31). The molecule has 0 bridgehead atoms. The molecule has 1 aromatic heterocycles. The normalized spacial score (nSPS) is 12.7. The molecule has 8 nitrogen and oxygen atoms in total. The number of carbonyl (C=O) groups excluding carboxylic acids is 1. The van der Waals surface area contributed by atoms with Crippen molar-refractivity contribution in [3.05, 3.63) is 70.0 Å². The number of rotatable bonds is 5. The lowest BCUT2D eigenvalue weighted by molar-refractivity contribution is 0.0976. The van der Waals surface area contributed by atoms with Crippen molar-refractivity contribution in [3.8, 4) is 11.5 Å². The molecule has 172 valence electrons. The van der Waals surface area contributed by atoms with Gasteiger partial charge in [-0.2, -0.15) is 5.10 Å². The molecule has 1 amide bonds. The summed E-state index contributed by atoms with van der Waals surface area (Å²) in [6, 6.07) is 11.2. The van der Waals surface area contributed by atoms with Gasteiger partial charge >= 0.3 is 0 Å². The lowest BCUT2D eigenvalue weighted by atomic mass is 10.1. The van der Waals surface area contributed by atoms with Crippen LogP contribution in [0.5, 0.6) is 11.5 Å². The minimum absolute atomic E-state index is 0.158. The number of nitrogens with zero attached hydrogens (tertiary/aromatic N) is 3. The molecule has 2 N–H and O–H groups in total. The Morgan fingerprint density at radius 3 is 2.64 bits per heavy atom. The van der Waals surface area contributed by atoms with Gasteiger partial charge in [0.05, 0.1) is 12.2 Å². The zero-order valence-electron chi connectivity index (χ0n) is 19.7. The van der Waals surface area contributed by atoms with E-state index in [0.717, 1.165) is 40.3 Å². The Bertz CT molecular complexity index is 1230. The van der Waals surface area contributed by atoms with Gasteiger partial charge in [0.15, 0.2) is 11.5 Å². The molecule has 0 saturated heterocycles. The highest BCUT2D eigenvalue weighted by Crippen LogP contribution is 2.32. The van der Waals surface area contributed by atoms with Crippen molar-refractivity contribution in [2.75, 3.05) is 12.1 Å². The number of aliphatic imine (C=N–C) groups is 1. The van der Waals surface area contributed by atoms with Gasteiger partial charge in [-0.3, -0.25) is 14.8 Å². The van der Waals surface area contributed by atoms with Gasteiger partial charge in [0.1, 0.15) is 0 Å². The monoisotopic (exact) mass is 447 g/mol. The number of ether oxygens (including phenoxy) is 2. The average Bonchev–Trinajstić information content (AvgIpc) is 3.37. The molecule has 4 rings (SSSR count). The predicted octanol–water partition coefficient (Wildman–Crippen LogP) is 4.26. The first-order chi connectivity index (χ1) is 15.9. The highest BCUT2D eigenvalue weighted by molar-refractivity contribution is 6.10. The Kier molecular flexibility index (Phi) is 6.35. The molecule has 0 saturated carbocycles. The molecule has 8 heteroatoms. The molecule has 0 fully saturated rings. The van der Waals surface area contributed by atoms with E-state index in [0.29, 0.717) is 29.6 Å². The second-order valence-corrected chi connectivity index (χ2v) is 8.10. The number of benzene rings is 2. The number of nitrogens with one attached hydrogen (secondary N) is 2. The number of amides is 1. The maximum absolute atomic E-state index is 13.0. The molecule has 0 radical (unpaired) electrons. The third-order valence-corrected chi connectivity index (χ3v) is 5.74. The van der Waals surface area contributed by atoms with Crippen LogP contribution >= 0.6 is 0 Å². The highest BCUT2D eigenvalue weighted by Gasteiger charge is 2.18. The van der Waals surface area contributed by atoms with Gasteiger partial charge in [-0.15, -0.1) is 0 Å². The van der Waals surface area contributed by atoms with Gasteiger partial charge in [-0.05, 0) is 70.0 Å². The lowest BCUT2D eigenvalue weighted by Gasteiger charge is -2.14. The topological polar surface area (TPSA) is 89.8 Å². The zero-order valence-corrected chi connectivity index (χ0v) is 19.7. The molecule has 0 spiro atoms. The fourth-order valence-corrected chi connectivity index (χ4v) is 3.75. The lowest BCUT2D eigenvalue weighted by Crippen LogP contribution is -2.36. The molecular weight excluding hydrogens is 418 g/mol. The number of hydrogen-bond acceptors (Lipinski definition) is 5. The third kappa shape index (κ3) is 4.84. The Hall–Kier alpha value is -3.81. The number of hydrogen-bond donors (Lipinski definition) is 2. The quantitative estimate of drug-likeness (QED) is 0.451. The molecule has 1 aliphatic rings. The summed E-state index contributed by atoms with van der Waals surface area (Å²) in [5.74, 6) is 1.27. The Morgan fingerprint density at radius 1 is 1.09 bits per heavy atom. The summed E-state index contributed by atoms with van der Waals surface area (Å²) >= 11 is 0. The number of fused-ring (bicyclic) bond motifs is 1. The smallest absolute Gasteiger partial charge is 0.258 e. The van der Waals surface area contributed by atoms with Crippen LogP contribution in [-0.4, -0.2) is 28.4 Å². The van der Waals surface area contributed by atoms with Gasteiger partial charge in [0.2, 0.25) is 12.8 Å². The Morgan fingerprint density at radius 2 is 1.88 bits per heavy atom. The van der Waals surface area contributed by atoms with Gasteiger partial charge in [0, 0.05) is 29.1 Å². The molecular formula is C25H29N5O3. The van der Waals surface area contributed by atoms with Crippen molar-refractivity contribution >= 4 is 17.6 Å². The number of aromatic nitrogens is 2. The van der Waals surface area contributed by atoms with E-state index in [9.17, 15) is 4.79 Å². The first-order valence-electron chi connectivity index (χ1n) is 11.0. The summed E-state index contributed by atoms with van der Waals surface area (Å²) in [5, 5.41) is 10.8. The van der Waals surface area contributed by atoms with Crippen LogP contribution in [0.2, 0.25) is 0 Å². The second-order valence-electron chi connectivity index (χ2n) is 8.10. The maximum Gasteiger partial charge on any atom is 0.258 e. The summed E-state index contributed by atoms with van der Waals surface area (Å²) in [6.45, 7) is 11.5. The van der Waals surface area contributed by atoms with E-state index in [1.54, 1.807) is 18.2 Å². The fourth-order valence-electron chi connectivity index (χ4n) is 3.75. The largest absolute Gasteiger partial charge is 0.454 e. The van der Waals surface area contributed by atoms with Crippen molar-refractivity contribution in [1.82, 2.24) is 15.1 Å². The molecule has 0 unspecified atom stereocenters. The van der Waals surface area contributed by atoms with Gasteiger partial charge in [0.25, 0.3) is 5.91 Å². The minimum atomic E-state index is -0.289. The molecule has 0 aliphatic carbocycles. The maximum atomic E-state index is 13.0. The molecule has 1 aliphatic heterocycles. The van der Waals surface area contributed by atoms with Crippen LogP contribution in [0.15, 0.2) is 41.4 Å². The summed E-state index contributed by atoms with van der Waals surface area (Å²) < 4.78 is 12.7. The van der Waals surface area contributed by atoms with E-state index >= 15 is 0 Å². The van der Waals surface area contributed by atoms with E-state index in [2.05, 4.69) is 22.7 Å². The Labute approximate surface area is 193 Å². The van der Waals surface area contributed by atoms with E-state index < -0.39 is 0 Å². The number of carbonyl (C=O) groups is 1. The number of anilines is 1. The summed E-state index contributed by atoms with van der Waals surface area (Å²) in [7, 11) is 0. The molecule has 0 atom stereocenters. The van der Waals surface area contributed by atoms with Gasteiger partial charge < -0.3 is 14.8 Å². The van der Waals surface area contributed by atoms with Crippen LogP contribution in [0.25, 0.3) is 0 Å². The number of aryl methyl sites for hydroxylation is 4. The minimum Gasteiger partial charge on any atom is -0.454 e. The molecule has 2 aromatic carbocycles. The SMILES string of the molecule is CCn1nc(C)c(CN=C(NC(=O)c2ccc3c(c2)OCO3)Nc2cc(C)ccc2C)c1C. The van der Waals surface area contributed by atoms with Crippen molar-refractivity contribution in [2.24, 2.45) is 4.99 Å². The number of guanidine groups is 1. The second kappa shape index (κ2) is 9.36. The van der Waals surface area contributed by atoms with E-state index in [1.165, 1.54) is 0 Å². The van der Waals surface area contributed by atoms with Crippen LogP contribution in [0, 0.1) is 27.7 Å². The first kappa shape index (κ1) is 22.4. The van der Waals surface area contributed by atoms with Crippen molar-refractivity contribution in [1.29, 1.82) is 0 Å². The van der Waals surface area contributed by atoms with Crippen LogP contribution in [-0.2, 0) is 13.1 Å². The van der Waals surface area contributed by atoms with E-state index in [1.807, 2.05) is 50.6 Å². The van der Waals surface area contributed by atoms with Crippen LogP contribution < -0.4 is 20.1 Å². The molecule has 2 heterocycles. The Balaban J connectivity index is 1.62. The first-order valence-corrected chi connectivity index (χ1v) is 11.0. The zero-order chi connectivity index (χ0) is 23.5. The van der Waals surface area contributed by atoms with Crippen molar-refractivity contribution in [2.45, 2.75) is 47.7 Å². The highest BCUT2D eigenvalue weighted by atomic mass is 16.7. The summed E-state index contributed by atoms with van der Waals surface area (Å²) in [4.78, 5) is 17.8. The fraction of sp³-hybridized carbons (Fsp3) is 0.320. The van der Waals surface area contributed by atoms with Crippen LogP contribution in [0.3, 0.4) is 0 Å². The van der Waals surface area contributed by atoms with Crippen molar-refractivity contribution in [3.63, 3.8) is 0 Å². The van der Waals surface area contributed by atoms with E-state index in [-0.39, 0.29) is 12.7 Å². The third-order valence-electron chi connectivity index (χ3n) is 5.74. The molecule has 33 heavy (non-hydrogen) atoms. The predicted molar refractivity (Wildman–Crippen MR) is 128 cm³/mol.